The van der Waals surface area contributed by atoms with Gasteiger partial charge in [0.15, 0.2) is 29.1 Å². The number of Topliss-reactive ketones (excluding diaryl/α,β-unsaturated/α-hetero) is 1. The third kappa shape index (κ3) is 2.97. The van der Waals surface area contributed by atoms with E-state index in [1.54, 1.807) is 0 Å². The van der Waals surface area contributed by atoms with E-state index < -0.39 is 46.0 Å². The Bertz CT molecular complexity index is 1250. The summed E-state index contributed by atoms with van der Waals surface area (Å²) in [6.45, 7) is 1.29. The molecule has 3 aromatic carbocycles. The Morgan fingerprint density at radius 2 is 1.41 bits per heavy atom. The van der Waals surface area contributed by atoms with E-state index >= 15 is 0 Å². The second-order valence-electron chi connectivity index (χ2n) is 6.36. The molecular weight excluding hydrogens is 391 g/mol. The lowest BCUT2D eigenvalue weighted by atomic mass is 10.0. The first-order chi connectivity index (χ1) is 13.8. The highest BCUT2D eigenvalue weighted by Gasteiger charge is 2.29. The van der Waals surface area contributed by atoms with Gasteiger partial charge in [-0.1, -0.05) is 18.2 Å². The molecule has 0 aliphatic rings. The summed E-state index contributed by atoms with van der Waals surface area (Å²) >= 11 is 0. The second kappa shape index (κ2) is 6.80. The number of carbonyl (C=O) groups is 1. The number of benzene rings is 3. The number of aromatic amines is 1. The van der Waals surface area contributed by atoms with Crippen LogP contribution in [0.4, 0.5) is 22.0 Å². The first-order valence-corrected chi connectivity index (χ1v) is 8.41. The van der Waals surface area contributed by atoms with Gasteiger partial charge in [0.1, 0.15) is 11.6 Å². The summed E-state index contributed by atoms with van der Waals surface area (Å²) in [5.74, 6) is -8.07. The number of rotatable bonds is 3. The Morgan fingerprint density at radius 1 is 0.828 bits per heavy atom. The van der Waals surface area contributed by atoms with Crippen LogP contribution in [0, 0.1) is 29.1 Å². The van der Waals surface area contributed by atoms with Crippen molar-refractivity contribution in [1.82, 2.24) is 9.97 Å². The molecule has 0 aliphatic carbocycles. The summed E-state index contributed by atoms with van der Waals surface area (Å²) in [7, 11) is 0. The highest BCUT2D eigenvalue weighted by atomic mass is 19.2. The summed E-state index contributed by atoms with van der Waals surface area (Å²) in [5, 5.41) is 0. The molecule has 146 valence electrons. The molecule has 0 atom stereocenters. The van der Waals surface area contributed by atoms with Crippen LogP contribution in [0.3, 0.4) is 0 Å². The number of halogens is 5. The smallest absolute Gasteiger partial charge is 0.173 e. The number of carbonyl (C=O) groups excluding carboxylic acids is 1. The number of ketones is 1. The van der Waals surface area contributed by atoms with Crippen molar-refractivity contribution in [3.8, 4) is 22.5 Å². The summed E-state index contributed by atoms with van der Waals surface area (Å²) < 4.78 is 71.9. The summed E-state index contributed by atoms with van der Waals surface area (Å²) in [5.41, 5.74) is -1.63. The Hall–Kier alpha value is -3.55. The zero-order valence-corrected chi connectivity index (χ0v) is 14.8. The van der Waals surface area contributed by atoms with Crippen molar-refractivity contribution in [2.45, 2.75) is 6.92 Å². The molecule has 1 aromatic heterocycles. The lowest BCUT2D eigenvalue weighted by Gasteiger charge is -2.11. The van der Waals surface area contributed by atoms with Crippen LogP contribution in [0.2, 0.25) is 0 Å². The van der Waals surface area contributed by atoms with Crippen molar-refractivity contribution < 1.29 is 26.7 Å². The molecule has 0 bridgehead atoms. The molecule has 0 saturated carbocycles. The molecule has 0 radical (unpaired) electrons. The molecule has 0 fully saturated rings. The molecule has 8 heteroatoms. The van der Waals surface area contributed by atoms with Crippen molar-refractivity contribution in [2.75, 3.05) is 0 Å². The number of para-hydroxylation sites is 1. The van der Waals surface area contributed by atoms with Gasteiger partial charge in [-0.15, -0.1) is 0 Å². The minimum absolute atomic E-state index is 0.122. The van der Waals surface area contributed by atoms with Gasteiger partial charge in [0.25, 0.3) is 0 Å². The number of fused-ring (bicyclic) bond motifs is 1. The second-order valence-corrected chi connectivity index (χ2v) is 6.36. The molecule has 0 unspecified atom stereocenters. The third-order valence-corrected chi connectivity index (χ3v) is 4.53. The molecule has 0 saturated heterocycles. The van der Waals surface area contributed by atoms with E-state index in [1.807, 2.05) is 0 Å². The molecular formula is C21H11F5N2O. The molecule has 3 nitrogen and oxygen atoms in total. The van der Waals surface area contributed by atoms with Crippen LogP contribution < -0.4 is 0 Å². The van der Waals surface area contributed by atoms with E-state index in [9.17, 15) is 26.7 Å². The number of hydrogen-bond donors (Lipinski definition) is 1. The van der Waals surface area contributed by atoms with Crippen LogP contribution >= 0.6 is 0 Å². The normalized spacial score (nSPS) is 11.2. The van der Waals surface area contributed by atoms with E-state index in [2.05, 4.69) is 9.97 Å². The monoisotopic (exact) mass is 402 g/mol. The van der Waals surface area contributed by atoms with Gasteiger partial charge in [0.2, 0.25) is 0 Å². The van der Waals surface area contributed by atoms with Crippen LogP contribution in [-0.2, 0) is 0 Å². The SMILES string of the molecule is CC(=O)c1cccc2[nH]c(-c3c(F)c(F)c(-c4ccc(F)cc4)c(F)c3F)nc12. The molecule has 1 N–H and O–H groups in total. The molecule has 4 aromatic rings. The number of nitrogens with zero attached hydrogens (tertiary/aromatic N) is 1. The lowest BCUT2D eigenvalue weighted by molar-refractivity contribution is 0.101. The summed E-state index contributed by atoms with van der Waals surface area (Å²) in [4.78, 5) is 18.3. The first kappa shape index (κ1) is 18.8. The average Bonchev–Trinajstić information content (AvgIpc) is 3.11. The minimum Gasteiger partial charge on any atom is -0.338 e. The van der Waals surface area contributed by atoms with Crippen molar-refractivity contribution in [1.29, 1.82) is 0 Å². The maximum absolute atomic E-state index is 14.8. The van der Waals surface area contributed by atoms with E-state index in [-0.39, 0.29) is 27.9 Å². The standard InChI is InChI=1S/C21H11F5N2O/c1-9(29)12-3-2-4-13-20(12)28-21(27-13)15-18(25)16(23)14(17(24)19(15)26)10-5-7-11(22)8-6-10/h2-8H,1H3,(H,27,28). The topological polar surface area (TPSA) is 45.8 Å². The average molecular weight is 402 g/mol. The molecule has 29 heavy (non-hydrogen) atoms. The van der Waals surface area contributed by atoms with Crippen LogP contribution in [0.25, 0.3) is 33.5 Å². The van der Waals surface area contributed by atoms with Gasteiger partial charge in [0.05, 0.1) is 22.2 Å². The maximum atomic E-state index is 14.8. The van der Waals surface area contributed by atoms with E-state index in [0.29, 0.717) is 0 Å². The predicted molar refractivity (Wildman–Crippen MR) is 96.8 cm³/mol. The summed E-state index contributed by atoms with van der Waals surface area (Å²) in [6.07, 6.45) is 0. The third-order valence-electron chi connectivity index (χ3n) is 4.53. The number of H-pyrrole nitrogens is 1. The van der Waals surface area contributed by atoms with Gasteiger partial charge in [-0.3, -0.25) is 4.79 Å². The highest BCUT2D eigenvalue weighted by Crippen LogP contribution is 2.36. The first-order valence-electron chi connectivity index (χ1n) is 8.41. The van der Waals surface area contributed by atoms with E-state index in [0.717, 1.165) is 24.3 Å². The zero-order valence-electron chi connectivity index (χ0n) is 14.8. The van der Waals surface area contributed by atoms with Crippen LogP contribution in [0.5, 0.6) is 0 Å². The number of nitrogens with one attached hydrogen (secondary N) is 1. The fourth-order valence-corrected chi connectivity index (χ4v) is 3.14. The van der Waals surface area contributed by atoms with E-state index in [4.69, 9.17) is 0 Å². The van der Waals surface area contributed by atoms with Crippen molar-refractivity contribution in [2.24, 2.45) is 0 Å². The lowest BCUT2D eigenvalue weighted by Crippen LogP contribution is -2.04. The largest absolute Gasteiger partial charge is 0.338 e. The quantitative estimate of drug-likeness (QED) is 0.268. The maximum Gasteiger partial charge on any atom is 0.173 e. The van der Waals surface area contributed by atoms with Crippen molar-refractivity contribution in [3.63, 3.8) is 0 Å². The van der Waals surface area contributed by atoms with Crippen LogP contribution in [0.15, 0.2) is 42.5 Å². The van der Waals surface area contributed by atoms with Gasteiger partial charge in [-0.05, 0) is 36.8 Å². The van der Waals surface area contributed by atoms with Gasteiger partial charge in [-0.25, -0.2) is 26.9 Å². The Morgan fingerprint density at radius 3 is 2.00 bits per heavy atom. The summed E-state index contributed by atoms with van der Waals surface area (Å²) in [6, 6.07) is 8.37. The fraction of sp³-hybridized carbons (Fsp3) is 0.0476. The van der Waals surface area contributed by atoms with Crippen LogP contribution in [-0.4, -0.2) is 15.8 Å². The fourth-order valence-electron chi connectivity index (χ4n) is 3.14. The Kier molecular flexibility index (Phi) is 4.41. The molecule has 0 spiro atoms. The Labute approximate surface area is 160 Å². The molecule has 0 amide bonds. The van der Waals surface area contributed by atoms with Gasteiger partial charge < -0.3 is 4.98 Å². The van der Waals surface area contributed by atoms with Crippen molar-refractivity contribution in [3.05, 3.63) is 77.1 Å². The minimum atomic E-state index is -1.66. The predicted octanol–water partition coefficient (Wildman–Crippen LogP) is 5.80. The van der Waals surface area contributed by atoms with Crippen molar-refractivity contribution >= 4 is 16.8 Å². The number of hydrogen-bond acceptors (Lipinski definition) is 2. The van der Waals surface area contributed by atoms with Gasteiger partial charge in [0, 0.05) is 5.56 Å². The van der Waals surface area contributed by atoms with E-state index in [1.165, 1.54) is 25.1 Å². The molecule has 0 aliphatic heterocycles. The van der Waals surface area contributed by atoms with Gasteiger partial charge in [-0.2, -0.15) is 0 Å². The highest BCUT2D eigenvalue weighted by molar-refractivity contribution is 6.05. The zero-order chi connectivity index (χ0) is 20.9. The number of aromatic nitrogens is 2. The Balaban J connectivity index is 1.97. The molecule has 1 heterocycles. The number of imidazole rings is 1. The van der Waals surface area contributed by atoms with Gasteiger partial charge >= 0.3 is 0 Å². The van der Waals surface area contributed by atoms with Crippen LogP contribution in [0.1, 0.15) is 17.3 Å². The molecule has 4 rings (SSSR count).